The Morgan fingerprint density at radius 3 is 1.27 bits per heavy atom. The quantitative estimate of drug-likeness (QED) is 0.310. The molecule has 0 spiro atoms. The van der Waals surface area contributed by atoms with Crippen molar-refractivity contribution in [1.29, 1.82) is 0 Å². The van der Waals surface area contributed by atoms with Crippen molar-refractivity contribution >= 4 is 47.5 Å². The molecule has 0 unspecified atom stereocenters. The molecule has 0 aromatic rings. The van der Waals surface area contributed by atoms with Crippen LogP contribution in [0.1, 0.15) is 57.8 Å². The number of amides is 4. The van der Waals surface area contributed by atoms with Crippen molar-refractivity contribution in [3.8, 4) is 0 Å². The first kappa shape index (κ1) is 27.2. The molecular formula is C19H24N2O12. The van der Waals surface area contributed by atoms with Crippen molar-refractivity contribution in [3.63, 3.8) is 0 Å². The van der Waals surface area contributed by atoms with Gasteiger partial charge in [0.25, 0.3) is 23.6 Å². The van der Waals surface area contributed by atoms with Gasteiger partial charge in [-0.25, -0.2) is 9.59 Å². The zero-order valence-electron chi connectivity index (χ0n) is 18.2. The smallest absolute Gasteiger partial charge is 0.333 e. The van der Waals surface area contributed by atoms with Crippen molar-refractivity contribution < 1.29 is 57.5 Å². The number of nitrogens with zero attached hydrogens (tertiary/aromatic N) is 2. The van der Waals surface area contributed by atoms with Gasteiger partial charge in [-0.15, -0.1) is 10.1 Å². The highest BCUT2D eigenvalue weighted by atomic mass is 16.7. The second-order valence-electron chi connectivity index (χ2n) is 6.60. The van der Waals surface area contributed by atoms with E-state index >= 15 is 0 Å². The summed E-state index contributed by atoms with van der Waals surface area (Å²) in [6.45, 7) is 0. The summed E-state index contributed by atoms with van der Waals surface area (Å²) >= 11 is 0. The Morgan fingerprint density at radius 2 is 0.879 bits per heavy atom. The van der Waals surface area contributed by atoms with Crippen molar-refractivity contribution in [1.82, 2.24) is 10.1 Å². The zero-order valence-corrected chi connectivity index (χ0v) is 18.2. The third-order valence-electron chi connectivity index (χ3n) is 4.15. The molecule has 14 heteroatoms. The molecule has 2 rings (SSSR count). The van der Waals surface area contributed by atoms with Gasteiger partial charge >= 0.3 is 23.9 Å². The number of carbonyl (C=O) groups excluding carboxylic acids is 8. The minimum atomic E-state index is -0.811. The number of ether oxygens (including phenoxy) is 2. The van der Waals surface area contributed by atoms with E-state index < -0.39 is 47.5 Å². The molecule has 2 fully saturated rings. The van der Waals surface area contributed by atoms with Gasteiger partial charge in [-0.1, -0.05) is 0 Å². The summed E-state index contributed by atoms with van der Waals surface area (Å²) in [7, 11) is 2.45. The summed E-state index contributed by atoms with van der Waals surface area (Å²) in [5.74, 6) is -4.63. The van der Waals surface area contributed by atoms with Gasteiger partial charge in [0, 0.05) is 38.5 Å². The van der Waals surface area contributed by atoms with Gasteiger partial charge in [0.2, 0.25) is 0 Å². The molecule has 0 N–H and O–H groups in total. The molecular weight excluding hydrogens is 448 g/mol. The molecule has 2 heterocycles. The topological polar surface area (TPSA) is 180 Å². The Hall–Kier alpha value is -3.84. The van der Waals surface area contributed by atoms with E-state index in [9.17, 15) is 38.4 Å². The van der Waals surface area contributed by atoms with Gasteiger partial charge in [0.15, 0.2) is 0 Å². The molecule has 182 valence electrons. The molecule has 2 aliphatic heterocycles. The van der Waals surface area contributed by atoms with Gasteiger partial charge in [-0.05, 0) is 6.42 Å². The summed E-state index contributed by atoms with van der Waals surface area (Å²) in [6, 6.07) is 0. The third kappa shape index (κ3) is 9.45. The predicted molar refractivity (Wildman–Crippen MR) is 101 cm³/mol. The van der Waals surface area contributed by atoms with Crippen molar-refractivity contribution in [3.05, 3.63) is 0 Å². The summed E-state index contributed by atoms with van der Waals surface area (Å²) in [5.41, 5.74) is 0. The molecule has 0 radical (unpaired) electrons. The molecule has 0 aromatic carbocycles. The first-order chi connectivity index (χ1) is 15.6. The Balaban J connectivity index is 0.000000331. The van der Waals surface area contributed by atoms with E-state index in [1.807, 2.05) is 0 Å². The summed E-state index contributed by atoms with van der Waals surface area (Å²) in [5, 5.41) is 0.931. The second-order valence-corrected chi connectivity index (χ2v) is 6.60. The fourth-order valence-corrected chi connectivity index (χ4v) is 2.40. The monoisotopic (exact) mass is 472 g/mol. The lowest BCUT2D eigenvalue weighted by Crippen LogP contribution is -2.32. The van der Waals surface area contributed by atoms with Gasteiger partial charge in [-0.2, -0.15) is 0 Å². The van der Waals surface area contributed by atoms with Crippen LogP contribution in [0, 0.1) is 0 Å². The van der Waals surface area contributed by atoms with Crippen LogP contribution in [0.3, 0.4) is 0 Å². The molecule has 33 heavy (non-hydrogen) atoms. The molecule has 2 saturated heterocycles. The first-order valence-corrected chi connectivity index (χ1v) is 9.85. The Morgan fingerprint density at radius 1 is 0.576 bits per heavy atom. The van der Waals surface area contributed by atoms with E-state index in [4.69, 9.17) is 0 Å². The van der Waals surface area contributed by atoms with Crippen LogP contribution in [0.25, 0.3) is 0 Å². The zero-order chi connectivity index (χ0) is 25.0. The van der Waals surface area contributed by atoms with E-state index in [2.05, 4.69) is 19.1 Å². The molecule has 0 saturated carbocycles. The predicted octanol–water partition coefficient (Wildman–Crippen LogP) is -0.516. The SMILES string of the molecule is COC(=O)CCC(=O)ON1C(=O)CCC1=O.COC(=O)CCCC(=O)ON1C(=O)CCC1=O. The summed E-state index contributed by atoms with van der Waals surface area (Å²) in [6.07, 6.45) is 0.130. The highest BCUT2D eigenvalue weighted by molar-refractivity contribution is 6.02. The summed E-state index contributed by atoms with van der Waals surface area (Å²) < 4.78 is 8.71. The minimum Gasteiger partial charge on any atom is -0.469 e. The van der Waals surface area contributed by atoms with E-state index in [1.165, 1.54) is 14.2 Å². The van der Waals surface area contributed by atoms with Crippen LogP contribution in [0.15, 0.2) is 0 Å². The molecule has 4 amide bonds. The molecule has 14 nitrogen and oxygen atoms in total. The average Bonchev–Trinajstić information content (AvgIpc) is 3.27. The highest BCUT2D eigenvalue weighted by Crippen LogP contribution is 2.14. The number of hydrogen-bond acceptors (Lipinski definition) is 12. The van der Waals surface area contributed by atoms with Crippen LogP contribution in [-0.4, -0.2) is 71.9 Å². The van der Waals surface area contributed by atoms with Gasteiger partial charge in [0.1, 0.15) is 0 Å². The van der Waals surface area contributed by atoms with Crippen LogP contribution < -0.4 is 0 Å². The van der Waals surface area contributed by atoms with Crippen molar-refractivity contribution in [2.45, 2.75) is 57.8 Å². The Bertz CT molecular complexity index is 790. The fraction of sp³-hybridized carbons (Fsp3) is 0.579. The van der Waals surface area contributed by atoms with Gasteiger partial charge < -0.3 is 19.1 Å². The van der Waals surface area contributed by atoms with E-state index in [0.717, 1.165) is 0 Å². The van der Waals surface area contributed by atoms with Crippen LogP contribution in [-0.2, 0) is 57.5 Å². The number of hydroxylamine groups is 4. The lowest BCUT2D eigenvalue weighted by Gasteiger charge is -2.12. The van der Waals surface area contributed by atoms with Gasteiger partial charge in [-0.3, -0.25) is 28.8 Å². The van der Waals surface area contributed by atoms with Gasteiger partial charge in [0.05, 0.1) is 27.1 Å². The lowest BCUT2D eigenvalue weighted by molar-refractivity contribution is -0.197. The first-order valence-electron chi connectivity index (χ1n) is 9.85. The number of carbonyl (C=O) groups is 8. The van der Waals surface area contributed by atoms with Crippen LogP contribution in [0.5, 0.6) is 0 Å². The maximum Gasteiger partial charge on any atom is 0.333 e. The van der Waals surface area contributed by atoms with Crippen LogP contribution in [0.4, 0.5) is 0 Å². The van der Waals surface area contributed by atoms with E-state index in [1.54, 1.807) is 0 Å². The van der Waals surface area contributed by atoms with Crippen LogP contribution in [0.2, 0.25) is 0 Å². The lowest BCUT2D eigenvalue weighted by atomic mass is 10.2. The normalized spacial score (nSPS) is 15.1. The standard InChI is InChI=1S/C10H13NO6.C9H11NO6/c1-16-9(14)3-2-4-10(15)17-11-7(12)5-6-8(11)13;1-15-8(13)4-5-9(14)16-10-6(11)2-3-7(10)12/h2-6H2,1H3;2-5H2,1H3. The highest BCUT2D eigenvalue weighted by Gasteiger charge is 2.33. The Labute approximate surface area is 187 Å². The fourth-order valence-electron chi connectivity index (χ4n) is 2.40. The van der Waals surface area contributed by atoms with Crippen molar-refractivity contribution in [2.75, 3.05) is 14.2 Å². The summed E-state index contributed by atoms with van der Waals surface area (Å²) in [4.78, 5) is 97.2. The number of hydrogen-bond donors (Lipinski definition) is 0. The molecule has 0 aromatic heterocycles. The van der Waals surface area contributed by atoms with Crippen LogP contribution >= 0.6 is 0 Å². The van der Waals surface area contributed by atoms with E-state index in [-0.39, 0.29) is 57.8 Å². The second kappa shape index (κ2) is 13.5. The minimum absolute atomic E-state index is 0.0448. The average molecular weight is 472 g/mol. The molecule has 0 aliphatic carbocycles. The number of rotatable bonds is 9. The number of imide groups is 2. The molecule has 0 atom stereocenters. The molecule has 0 bridgehead atoms. The third-order valence-corrected chi connectivity index (χ3v) is 4.15. The maximum absolute atomic E-state index is 11.2. The maximum atomic E-state index is 11.2. The largest absolute Gasteiger partial charge is 0.469 e. The molecule has 2 aliphatic rings. The van der Waals surface area contributed by atoms with Crippen molar-refractivity contribution in [2.24, 2.45) is 0 Å². The number of methoxy groups -OCH3 is 2. The Kier molecular flexibility index (Phi) is 11.2. The van der Waals surface area contributed by atoms with E-state index in [0.29, 0.717) is 10.1 Å². The number of esters is 2.